The molecule has 1 N–H and O–H groups in total. The lowest BCUT2D eigenvalue weighted by Gasteiger charge is -2.38. The third-order valence-corrected chi connectivity index (χ3v) is 5.33. The van der Waals surface area contributed by atoms with Crippen LogP contribution in [0.1, 0.15) is 24.2 Å². The Labute approximate surface area is 164 Å². The maximum absolute atomic E-state index is 6.05. The molecule has 0 amide bonds. The molecule has 1 aromatic heterocycles. The molecule has 0 bridgehead atoms. The topological polar surface area (TPSA) is 59.5 Å². The molecule has 2 aromatic rings. The molecule has 1 aromatic carbocycles. The number of piperidine rings is 1. The fraction of sp³-hybridized carbons (Fsp3) is 0.500. The van der Waals surface area contributed by atoms with Crippen molar-refractivity contribution in [2.45, 2.75) is 32.0 Å². The number of benzene rings is 1. The third kappa shape index (κ3) is 4.51. The highest BCUT2D eigenvalue weighted by Gasteiger charge is 2.40. The lowest BCUT2D eigenvalue weighted by atomic mass is 10.0. The van der Waals surface area contributed by atoms with E-state index in [9.17, 15) is 0 Å². The van der Waals surface area contributed by atoms with E-state index < -0.39 is 0 Å². The second kappa shape index (κ2) is 8.00. The molecule has 2 aliphatic heterocycles. The van der Waals surface area contributed by atoms with E-state index in [-0.39, 0.29) is 5.79 Å². The second-order valence-corrected chi connectivity index (χ2v) is 7.50. The van der Waals surface area contributed by atoms with Gasteiger partial charge in [-0.25, -0.2) is 9.97 Å². The van der Waals surface area contributed by atoms with Crippen LogP contribution in [0.3, 0.4) is 0 Å². The summed E-state index contributed by atoms with van der Waals surface area (Å²) >= 11 is 6.05. The van der Waals surface area contributed by atoms with E-state index in [4.69, 9.17) is 21.1 Å². The molecule has 0 unspecified atom stereocenters. The average molecular weight is 389 g/mol. The van der Waals surface area contributed by atoms with Gasteiger partial charge < -0.3 is 19.7 Å². The zero-order valence-electron chi connectivity index (χ0n) is 15.6. The molecule has 0 aliphatic carbocycles. The number of hydrogen-bond acceptors (Lipinski definition) is 6. The molecule has 0 saturated carbocycles. The van der Waals surface area contributed by atoms with Crippen molar-refractivity contribution in [2.24, 2.45) is 0 Å². The molecule has 2 saturated heterocycles. The zero-order chi connectivity index (χ0) is 18.7. The Bertz CT molecular complexity index is 785. The van der Waals surface area contributed by atoms with E-state index in [1.807, 2.05) is 31.2 Å². The highest BCUT2D eigenvalue weighted by Crippen LogP contribution is 2.33. The molecule has 7 heteroatoms. The molecule has 144 valence electrons. The maximum atomic E-state index is 6.05. The molecule has 4 rings (SSSR count). The monoisotopic (exact) mass is 388 g/mol. The number of aromatic nitrogens is 2. The summed E-state index contributed by atoms with van der Waals surface area (Å²) < 4.78 is 11.6. The Balaban J connectivity index is 1.36. The van der Waals surface area contributed by atoms with Gasteiger partial charge in [0.25, 0.3) is 0 Å². The number of nitrogens with one attached hydrogen (secondary N) is 1. The van der Waals surface area contributed by atoms with E-state index in [0.29, 0.717) is 13.2 Å². The van der Waals surface area contributed by atoms with E-state index in [2.05, 4.69) is 26.3 Å². The highest BCUT2D eigenvalue weighted by molar-refractivity contribution is 6.30. The molecule has 0 atom stereocenters. The van der Waals surface area contributed by atoms with Crippen LogP contribution in [0.2, 0.25) is 5.02 Å². The van der Waals surface area contributed by atoms with Gasteiger partial charge in [0.2, 0.25) is 0 Å². The first kappa shape index (κ1) is 18.5. The molecule has 6 nitrogen and oxygen atoms in total. The lowest BCUT2D eigenvalue weighted by molar-refractivity contribution is -0.169. The van der Waals surface area contributed by atoms with Gasteiger partial charge in [-0.15, -0.1) is 0 Å². The van der Waals surface area contributed by atoms with Crippen molar-refractivity contribution < 1.29 is 9.47 Å². The molecule has 2 aliphatic rings. The fourth-order valence-corrected chi connectivity index (χ4v) is 3.91. The minimum Gasteiger partial charge on any atom is -0.370 e. The summed E-state index contributed by atoms with van der Waals surface area (Å²) in [5.41, 5.74) is 1.21. The second-order valence-electron chi connectivity index (χ2n) is 7.06. The molecule has 1 spiro atoms. The van der Waals surface area contributed by atoms with Crippen LogP contribution >= 0.6 is 11.6 Å². The number of halogens is 1. The van der Waals surface area contributed by atoms with Crippen LogP contribution in [0.5, 0.6) is 0 Å². The first-order chi connectivity index (χ1) is 13.1. The number of anilines is 2. The van der Waals surface area contributed by atoms with E-state index in [1.54, 1.807) is 0 Å². The fourth-order valence-electron chi connectivity index (χ4n) is 3.69. The van der Waals surface area contributed by atoms with Gasteiger partial charge in [-0.05, 0) is 31.0 Å². The first-order valence-electron chi connectivity index (χ1n) is 9.49. The molecule has 3 heterocycles. The largest absolute Gasteiger partial charge is 0.370 e. The summed E-state index contributed by atoms with van der Waals surface area (Å²) in [5.74, 6) is 2.22. The molecular weight excluding hydrogens is 364 g/mol. The van der Waals surface area contributed by atoms with Gasteiger partial charge in [-0.1, -0.05) is 23.7 Å². The quantitative estimate of drug-likeness (QED) is 0.846. The lowest BCUT2D eigenvalue weighted by Crippen LogP contribution is -2.45. The Kier molecular flexibility index (Phi) is 5.48. The summed E-state index contributed by atoms with van der Waals surface area (Å²) in [7, 11) is 0. The van der Waals surface area contributed by atoms with Crippen molar-refractivity contribution in [3.05, 3.63) is 46.7 Å². The van der Waals surface area contributed by atoms with Gasteiger partial charge in [0.1, 0.15) is 17.5 Å². The van der Waals surface area contributed by atoms with Gasteiger partial charge in [0, 0.05) is 43.6 Å². The van der Waals surface area contributed by atoms with Crippen LogP contribution < -0.4 is 10.2 Å². The summed E-state index contributed by atoms with van der Waals surface area (Å²) in [4.78, 5) is 11.4. The minimum atomic E-state index is -0.364. The molecule has 0 radical (unpaired) electrons. The number of aryl methyl sites for hydroxylation is 1. The summed E-state index contributed by atoms with van der Waals surface area (Å²) in [6, 6.07) is 9.98. The normalized spacial score (nSPS) is 18.8. The highest BCUT2D eigenvalue weighted by atomic mass is 35.5. The van der Waals surface area contributed by atoms with Gasteiger partial charge in [0.05, 0.1) is 13.2 Å². The van der Waals surface area contributed by atoms with Crippen molar-refractivity contribution >= 4 is 23.2 Å². The number of nitrogens with zero attached hydrogens (tertiary/aromatic N) is 3. The molecule has 2 fully saturated rings. The predicted molar refractivity (Wildman–Crippen MR) is 106 cm³/mol. The number of ether oxygens (including phenoxy) is 2. The van der Waals surface area contributed by atoms with Gasteiger partial charge in [-0.2, -0.15) is 0 Å². The van der Waals surface area contributed by atoms with Crippen molar-refractivity contribution in [2.75, 3.05) is 43.1 Å². The zero-order valence-corrected chi connectivity index (χ0v) is 16.3. The van der Waals surface area contributed by atoms with Crippen LogP contribution in [0.15, 0.2) is 30.3 Å². The van der Waals surface area contributed by atoms with Crippen LogP contribution in [-0.4, -0.2) is 48.6 Å². The van der Waals surface area contributed by atoms with Crippen molar-refractivity contribution in [3.63, 3.8) is 0 Å². The van der Waals surface area contributed by atoms with Crippen molar-refractivity contribution in [3.8, 4) is 0 Å². The van der Waals surface area contributed by atoms with Crippen LogP contribution in [-0.2, 0) is 15.9 Å². The number of hydrogen-bond donors (Lipinski definition) is 1. The van der Waals surface area contributed by atoms with Gasteiger partial charge >= 0.3 is 0 Å². The van der Waals surface area contributed by atoms with Crippen molar-refractivity contribution in [1.29, 1.82) is 0 Å². The van der Waals surface area contributed by atoms with Gasteiger partial charge in [0.15, 0.2) is 5.79 Å². The van der Waals surface area contributed by atoms with Crippen LogP contribution in [0.4, 0.5) is 11.6 Å². The summed E-state index contributed by atoms with van der Waals surface area (Å²) in [6.45, 7) is 5.87. The summed E-state index contributed by atoms with van der Waals surface area (Å²) in [5, 5.41) is 4.18. The maximum Gasteiger partial charge on any atom is 0.171 e. The average Bonchev–Trinajstić information content (AvgIpc) is 3.10. The Morgan fingerprint density at radius 3 is 2.67 bits per heavy atom. The van der Waals surface area contributed by atoms with Gasteiger partial charge in [-0.3, -0.25) is 0 Å². The van der Waals surface area contributed by atoms with E-state index in [0.717, 1.165) is 61.4 Å². The SMILES string of the molecule is Cc1nc(NCCc2cccc(Cl)c2)cc(N2CCC3(CC2)OCCO3)n1. The summed E-state index contributed by atoms with van der Waals surface area (Å²) in [6.07, 6.45) is 2.63. The molecule has 27 heavy (non-hydrogen) atoms. The smallest absolute Gasteiger partial charge is 0.171 e. The van der Waals surface area contributed by atoms with Crippen LogP contribution in [0, 0.1) is 6.92 Å². The molecular formula is C20H25ClN4O2. The Morgan fingerprint density at radius 1 is 1.15 bits per heavy atom. The van der Waals surface area contributed by atoms with E-state index >= 15 is 0 Å². The standard InChI is InChI=1S/C20H25ClN4O2/c1-15-23-18(22-8-5-16-3-2-4-17(21)13-16)14-19(24-15)25-9-6-20(7-10-25)26-11-12-27-20/h2-4,13-14H,5-12H2,1H3,(H,22,23,24). The van der Waals surface area contributed by atoms with Crippen LogP contribution in [0.25, 0.3) is 0 Å². The minimum absolute atomic E-state index is 0.364. The Hall–Kier alpha value is -1.89. The first-order valence-corrected chi connectivity index (χ1v) is 9.87. The third-order valence-electron chi connectivity index (χ3n) is 5.10. The Morgan fingerprint density at radius 2 is 1.93 bits per heavy atom. The van der Waals surface area contributed by atoms with Crippen molar-refractivity contribution in [1.82, 2.24) is 9.97 Å². The predicted octanol–water partition coefficient (Wildman–Crippen LogP) is 3.44. The van der Waals surface area contributed by atoms with E-state index in [1.165, 1.54) is 5.56 Å². The number of rotatable bonds is 5.